The number of carbonyl (C=O) groups excluding carboxylic acids is 6. The number of amides is 4. The highest BCUT2D eigenvalue weighted by Crippen LogP contribution is 2.14. The van der Waals surface area contributed by atoms with Crippen LogP contribution in [0.3, 0.4) is 0 Å². The number of ether oxygens (including phenoxy) is 8. The van der Waals surface area contributed by atoms with Crippen molar-refractivity contribution in [3.63, 3.8) is 0 Å². The average Bonchev–Trinajstić information content (AvgIpc) is 3.33. The van der Waals surface area contributed by atoms with Gasteiger partial charge in [-0.05, 0) is 19.3 Å². The molecule has 0 rings (SSSR count). The first-order valence-electron chi connectivity index (χ1n) is 24.8. The van der Waals surface area contributed by atoms with Crippen molar-refractivity contribution in [3.8, 4) is 0 Å². The lowest BCUT2D eigenvalue weighted by atomic mass is 10.0. The fourth-order valence-electron chi connectivity index (χ4n) is 6.32. The molecule has 1 radical (unpaired) electrons. The molecule has 0 aliphatic heterocycles. The number of carboxylic acid groups (broad SMARTS) is 2. The number of carboxylic acids is 2. The number of carbonyl (C=O) groups is 7. The van der Waals surface area contributed by atoms with Crippen LogP contribution in [0.4, 0.5) is 0 Å². The van der Waals surface area contributed by atoms with Gasteiger partial charge < -0.3 is 69.4 Å². The molecule has 0 saturated heterocycles. The van der Waals surface area contributed by atoms with Crippen molar-refractivity contribution < 1.29 is 86.5 Å². The highest BCUT2D eigenvalue weighted by molar-refractivity contribution is 5.84. The minimum absolute atomic E-state index is 0.0386. The summed E-state index contributed by atoms with van der Waals surface area (Å²) in [7, 11) is 0. The maximum absolute atomic E-state index is 12.3. The molecule has 0 heterocycles. The zero-order valence-electron chi connectivity index (χ0n) is 41.3. The van der Waals surface area contributed by atoms with E-state index >= 15 is 0 Å². The summed E-state index contributed by atoms with van der Waals surface area (Å²) < 4.78 is 42.3. The first kappa shape index (κ1) is 65.8. The number of rotatable bonds is 55. The summed E-state index contributed by atoms with van der Waals surface area (Å²) in [4.78, 5) is 91.8. The molecule has 0 aromatic heterocycles. The second-order valence-electron chi connectivity index (χ2n) is 16.0. The Labute approximate surface area is 413 Å². The predicted octanol–water partition coefficient (Wildman–Crippen LogP) is 1.37. The molecule has 0 spiro atoms. The van der Waals surface area contributed by atoms with E-state index in [1.54, 1.807) is 6.29 Å². The van der Waals surface area contributed by atoms with Gasteiger partial charge in [-0.25, -0.2) is 4.79 Å². The number of hydrogen-bond acceptors (Lipinski definition) is 17. The van der Waals surface area contributed by atoms with Gasteiger partial charge in [-0.2, -0.15) is 0 Å². The van der Waals surface area contributed by atoms with E-state index in [2.05, 4.69) is 26.6 Å². The van der Waals surface area contributed by atoms with E-state index in [1.807, 2.05) is 0 Å². The zero-order chi connectivity index (χ0) is 51.4. The number of aldehydes is 1. The van der Waals surface area contributed by atoms with E-state index in [0.717, 1.165) is 44.9 Å². The highest BCUT2D eigenvalue weighted by Gasteiger charge is 2.21. The summed E-state index contributed by atoms with van der Waals surface area (Å²) in [6.07, 6.45) is 16.7. The van der Waals surface area contributed by atoms with Gasteiger partial charge in [0.2, 0.25) is 29.9 Å². The molecule has 2 unspecified atom stereocenters. The van der Waals surface area contributed by atoms with Gasteiger partial charge in [0.1, 0.15) is 25.9 Å². The van der Waals surface area contributed by atoms with E-state index in [1.165, 1.54) is 38.5 Å². The Morgan fingerprint density at radius 2 is 0.871 bits per heavy atom. The van der Waals surface area contributed by atoms with Crippen molar-refractivity contribution in [1.29, 1.82) is 0 Å². The lowest BCUT2D eigenvalue weighted by Crippen LogP contribution is -2.41. The largest absolute Gasteiger partial charge is 0.481 e. The van der Waals surface area contributed by atoms with Crippen LogP contribution < -0.4 is 26.6 Å². The molecular formula is C47H84N5O18. The second-order valence-corrected chi connectivity index (χ2v) is 16.0. The van der Waals surface area contributed by atoms with Crippen molar-refractivity contribution >= 4 is 48.1 Å². The van der Waals surface area contributed by atoms with Gasteiger partial charge in [0, 0.05) is 45.4 Å². The van der Waals surface area contributed by atoms with Crippen LogP contribution in [0, 0.1) is 0 Å². The Morgan fingerprint density at radius 3 is 1.33 bits per heavy atom. The fourth-order valence-corrected chi connectivity index (χ4v) is 6.32. The minimum Gasteiger partial charge on any atom is -0.481 e. The number of hydrogen-bond donors (Lipinski definition) is 7. The fraction of sp³-hybridized carbons (Fsp3) is 0.830. The maximum Gasteiger partial charge on any atom is 0.326 e. The van der Waals surface area contributed by atoms with Crippen molar-refractivity contribution in [3.05, 3.63) is 0 Å². The van der Waals surface area contributed by atoms with Crippen LogP contribution in [0.5, 0.6) is 0 Å². The highest BCUT2D eigenvalue weighted by atomic mass is 16.5. The molecule has 0 aromatic rings. The molecule has 4 amide bonds. The number of aliphatic carboxylic acids is 2. The quantitative estimate of drug-likeness (QED) is 0.0257. The van der Waals surface area contributed by atoms with Crippen molar-refractivity contribution in [2.24, 2.45) is 0 Å². The lowest BCUT2D eigenvalue weighted by Gasteiger charge is -2.14. The van der Waals surface area contributed by atoms with Crippen molar-refractivity contribution in [2.45, 2.75) is 128 Å². The summed E-state index contributed by atoms with van der Waals surface area (Å²) in [5.74, 6) is -3.26. The first-order chi connectivity index (χ1) is 34.1. The molecule has 0 bridgehead atoms. The van der Waals surface area contributed by atoms with E-state index in [-0.39, 0.29) is 148 Å². The van der Waals surface area contributed by atoms with Gasteiger partial charge >= 0.3 is 11.9 Å². The molecular weight excluding hydrogens is 923 g/mol. The molecule has 70 heavy (non-hydrogen) atoms. The van der Waals surface area contributed by atoms with Crippen molar-refractivity contribution in [1.82, 2.24) is 26.6 Å². The SMILES string of the molecule is O=[C]COCCOCCNC(=O)COCCOCCNC(C=O)OCCOCCNC(=O)COCCOCCNC(=O)CCC(NC(=O)CCCCCCCCCCCCCCCCC(=O)O)C(=O)O. The van der Waals surface area contributed by atoms with Crippen LogP contribution in [0.1, 0.15) is 116 Å². The summed E-state index contributed by atoms with van der Waals surface area (Å²) >= 11 is 0. The zero-order valence-corrected chi connectivity index (χ0v) is 41.3. The van der Waals surface area contributed by atoms with E-state index in [4.69, 9.17) is 43.0 Å². The Hall–Kier alpha value is -4.20. The van der Waals surface area contributed by atoms with Gasteiger partial charge in [0.05, 0.1) is 79.3 Å². The molecule has 0 aliphatic carbocycles. The molecule has 0 aliphatic rings. The summed E-state index contributed by atoms with van der Waals surface area (Å²) in [6.45, 7) is 3.30. The Morgan fingerprint density at radius 1 is 0.457 bits per heavy atom. The monoisotopic (exact) mass is 1010 g/mol. The number of unbranched alkanes of at least 4 members (excludes halogenated alkanes) is 13. The van der Waals surface area contributed by atoms with Crippen LogP contribution in [0.15, 0.2) is 0 Å². The van der Waals surface area contributed by atoms with E-state index in [9.17, 15) is 43.5 Å². The van der Waals surface area contributed by atoms with Gasteiger partial charge in [-0.1, -0.05) is 77.0 Å². The van der Waals surface area contributed by atoms with Gasteiger partial charge in [0.25, 0.3) is 0 Å². The third kappa shape index (κ3) is 48.8. The standard InChI is InChI=1S/C47H84N5O18/c53-23-28-67-30-29-63-25-20-49-43(57)38-69-34-32-65-27-22-51-45(37-54)70-36-35-66-26-21-50-44(58)39-68-33-31-64-24-19-48-41(55)18-17-40(47(61)62)52-42(56)15-13-11-9-7-5-3-1-2-4-6-8-10-12-14-16-46(59)60/h37,40,45,51H,1-22,24-36,38-39H2,(H,48,55)(H,49,57)(H,50,58)(H,52,56)(H,59,60)(H,61,62). The van der Waals surface area contributed by atoms with Crippen LogP contribution >= 0.6 is 0 Å². The van der Waals surface area contributed by atoms with E-state index in [0.29, 0.717) is 39.0 Å². The lowest BCUT2D eigenvalue weighted by molar-refractivity contribution is -0.142. The number of nitrogens with one attached hydrogen (secondary N) is 5. The third-order valence-corrected chi connectivity index (χ3v) is 10.0. The molecule has 0 aromatic carbocycles. The minimum atomic E-state index is -1.19. The Kier molecular flexibility index (Phi) is 48.1. The topological polar surface area (TPSA) is 311 Å². The predicted molar refractivity (Wildman–Crippen MR) is 255 cm³/mol. The molecule has 0 saturated carbocycles. The van der Waals surface area contributed by atoms with Gasteiger partial charge in [-0.15, -0.1) is 0 Å². The smallest absolute Gasteiger partial charge is 0.326 e. The maximum atomic E-state index is 12.3. The summed E-state index contributed by atoms with van der Waals surface area (Å²) in [6, 6.07) is -1.15. The average molecular weight is 1010 g/mol. The first-order valence-corrected chi connectivity index (χ1v) is 24.8. The van der Waals surface area contributed by atoms with Crippen LogP contribution in [0.25, 0.3) is 0 Å². The molecule has 0 fully saturated rings. The summed E-state index contributed by atoms with van der Waals surface area (Å²) in [5.41, 5.74) is 0. The molecule has 2 atom stereocenters. The Balaban J connectivity index is 3.66. The van der Waals surface area contributed by atoms with Crippen molar-refractivity contribution in [2.75, 3.05) is 125 Å². The van der Waals surface area contributed by atoms with Gasteiger partial charge in [-0.3, -0.25) is 38.9 Å². The normalized spacial score (nSPS) is 11.9. The van der Waals surface area contributed by atoms with Crippen LogP contribution in [0.2, 0.25) is 0 Å². The summed E-state index contributed by atoms with van der Waals surface area (Å²) in [5, 5.41) is 31.5. The van der Waals surface area contributed by atoms with Gasteiger partial charge in [0.15, 0.2) is 12.5 Å². The Bertz CT molecular complexity index is 1350. The molecule has 405 valence electrons. The molecule has 7 N–H and O–H groups in total. The molecule has 23 heteroatoms. The molecule has 23 nitrogen and oxygen atoms in total. The van der Waals surface area contributed by atoms with Crippen LogP contribution in [-0.2, 0) is 76.3 Å². The van der Waals surface area contributed by atoms with E-state index < -0.39 is 24.2 Å². The third-order valence-electron chi connectivity index (χ3n) is 10.0. The second kappa shape index (κ2) is 51.2. The van der Waals surface area contributed by atoms with Crippen LogP contribution in [-0.4, -0.2) is 196 Å².